The van der Waals surface area contributed by atoms with Gasteiger partial charge in [-0.3, -0.25) is 22.6 Å². The molecule has 0 heterocycles. The topological polar surface area (TPSA) is 485 Å². The minimum absolute atomic E-state index is 0.0172. The summed E-state index contributed by atoms with van der Waals surface area (Å²) in [4.78, 5) is 9.50. The van der Waals surface area contributed by atoms with E-state index in [2.05, 4.69) is 54.7 Å². The summed E-state index contributed by atoms with van der Waals surface area (Å²) in [5, 5.41) is 60.8. The van der Waals surface area contributed by atoms with Crippen molar-refractivity contribution < 1.29 is 90.7 Å². The first-order valence-electron chi connectivity index (χ1n) is 19.1. The number of aromatic hydroxyl groups is 1. The van der Waals surface area contributed by atoms with Crippen LogP contribution in [-0.2, 0) is 63.1 Å². The number of nitrogens with zero attached hydrogens (tertiary/aromatic N) is 6. The Morgan fingerprint density at radius 2 is 1.21 bits per heavy atom. The Labute approximate surface area is 419 Å². The number of hydrogen-bond donors (Lipinski definition) is 10. The van der Waals surface area contributed by atoms with Crippen LogP contribution >= 0.6 is 24.4 Å². The van der Waals surface area contributed by atoms with Crippen LogP contribution in [0.15, 0.2) is 146 Å². The van der Waals surface area contributed by atoms with E-state index in [1.54, 1.807) is 0 Å². The number of nitrogens with two attached hydrogens (primary N) is 3. The van der Waals surface area contributed by atoms with Gasteiger partial charge in [0.25, 0.3) is 36.3 Å². The van der Waals surface area contributed by atoms with Crippen molar-refractivity contribution in [2.75, 3.05) is 34.9 Å². The van der Waals surface area contributed by atoms with Gasteiger partial charge in [0.15, 0.2) is 27.9 Å². The normalized spacial score (nSPS) is 12.7. The predicted molar refractivity (Wildman–Crippen MR) is 256 cm³/mol. The number of azo groups is 3. The van der Waals surface area contributed by atoms with Gasteiger partial charge in [0.2, 0.25) is 0 Å². The molecule has 0 spiro atoms. The van der Waals surface area contributed by atoms with Crippen LogP contribution in [-0.4, -0.2) is 81.2 Å². The van der Waals surface area contributed by atoms with Gasteiger partial charge in [-0.2, -0.15) is 35.5 Å². The van der Waals surface area contributed by atoms with E-state index < -0.39 is 112 Å². The summed E-state index contributed by atoms with van der Waals surface area (Å²) in [5.74, 6) is -2.38. The van der Waals surface area contributed by atoms with Gasteiger partial charge < -0.3 is 27.6 Å². The number of phenolic OH excluding ortho intramolecular Hbond substituents is 1. The van der Waals surface area contributed by atoms with Crippen molar-refractivity contribution in [3.05, 3.63) is 96.6 Å². The summed E-state index contributed by atoms with van der Waals surface area (Å²) in [6.07, 6.45) is 0. The first-order chi connectivity index (χ1) is 34.3. The third kappa shape index (κ3) is 13.8. The number of sulfone groups is 1. The molecule has 0 radical (unpaired) electrons. The lowest BCUT2D eigenvalue weighted by atomic mass is 10.1. The molecule has 6 rings (SSSR count). The van der Waals surface area contributed by atoms with Gasteiger partial charge in [-0.05, 0) is 96.4 Å². The molecule has 0 bridgehead atoms. The molecule has 1 amide bonds. The number of phenols is 1. The van der Waals surface area contributed by atoms with Crippen LogP contribution in [0.5, 0.6) is 5.75 Å². The first-order valence-corrected chi connectivity index (χ1v) is 26.5. The van der Waals surface area contributed by atoms with E-state index in [4.69, 9.17) is 31.9 Å². The molecule has 0 aliphatic rings. The van der Waals surface area contributed by atoms with Crippen LogP contribution in [0.2, 0.25) is 0 Å². The standard InChI is InChI=1S/C37H32N10O20S6/c38-24-16-25(39)29(71(54,55)56)17-27(24)45-42-22-7-5-20(6-8-22)41-37(49)18-1-3-21(4-2-18)43-47-35-31(73(60,61)62)14-19-13-28(68-66-64-50)34(33(40)32(19)36(35)48)46-44-26-10-9-23(15-30(26)72(57,58)59)70(52,53)12-11-63-69-67-65-51/h1-10,13-17,48,50-51H,11-12,38-40H2,(H,41,49)(H,54,55,56)(H,57,58,59)(H,60,61,62). The van der Waals surface area contributed by atoms with Crippen LogP contribution < -0.4 is 22.5 Å². The molecule has 13 N–H and O–H groups in total. The maximum absolute atomic E-state index is 13.1. The molecule has 0 saturated carbocycles. The zero-order chi connectivity index (χ0) is 53.5. The van der Waals surface area contributed by atoms with Crippen molar-refractivity contribution in [2.45, 2.75) is 24.5 Å². The number of nitrogens with one attached hydrogen (secondary N) is 1. The number of benzene rings is 6. The monoisotopic (exact) mass is 1130 g/mol. The Morgan fingerprint density at radius 1 is 0.616 bits per heavy atom. The Morgan fingerprint density at radius 3 is 1.82 bits per heavy atom. The average Bonchev–Trinajstić information content (AvgIpc) is 3.31. The van der Waals surface area contributed by atoms with E-state index in [1.165, 1.54) is 48.5 Å². The highest BCUT2D eigenvalue weighted by atomic mass is 32.2. The second kappa shape index (κ2) is 22.9. The highest BCUT2D eigenvalue weighted by molar-refractivity contribution is 7.94. The van der Waals surface area contributed by atoms with E-state index in [0.29, 0.717) is 11.8 Å². The van der Waals surface area contributed by atoms with Gasteiger partial charge in [-0.25, -0.2) is 18.9 Å². The Balaban J connectivity index is 1.27. The van der Waals surface area contributed by atoms with Crippen molar-refractivity contribution in [1.29, 1.82) is 0 Å². The van der Waals surface area contributed by atoms with Crippen molar-refractivity contribution >= 4 is 138 Å². The fraction of sp³-hybridized carbons (Fsp3) is 0.0541. The number of hydrogen-bond acceptors (Lipinski definition) is 28. The highest BCUT2D eigenvalue weighted by Gasteiger charge is 2.27. The molecule has 0 aliphatic carbocycles. The number of rotatable bonds is 21. The number of anilines is 4. The van der Waals surface area contributed by atoms with E-state index in [1.807, 2.05) is 0 Å². The number of carbonyl (C=O) groups excluding carboxylic acids is 1. The smallest absolute Gasteiger partial charge is 0.296 e. The summed E-state index contributed by atoms with van der Waals surface area (Å²) >= 11 is 0.265. The lowest BCUT2D eigenvalue weighted by Gasteiger charge is -2.14. The van der Waals surface area contributed by atoms with Crippen LogP contribution in [0, 0.1) is 0 Å². The molecule has 0 atom stereocenters. The predicted octanol–water partition coefficient (Wildman–Crippen LogP) is 7.73. The molecule has 0 aliphatic heterocycles. The Bertz CT molecular complexity index is 3670. The van der Waals surface area contributed by atoms with Gasteiger partial charge in [0.05, 0.1) is 68.0 Å². The van der Waals surface area contributed by atoms with Crippen molar-refractivity contribution in [3.63, 3.8) is 0 Å². The molecule has 36 heteroatoms. The molecule has 30 nitrogen and oxygen atoms in total. The quantitative estimate of drug-likeness (QED) is 0.00626. The summed E-state index contributed by atoms with van der Waals surface area (Å²) < 4.78 is 142. The summed E-state index contributed by atoms with van der Waals surface area (Å²) in [6.45, 7) is -0.547. The minimum atomic E-state index is -5.24. The molecule has 0 saturated heterocycles. The lowest BCUT2D eigenvalue weighted by molar-refractivity contribution is -0.434. The molecular weight excluding hydrogens is 1100 g/mol. The summed E-state index contributed by atoms with van der Waals surface area (Å²) in [5.41, 5.74) is 15.5. The van der Waals surface area contributed by atoms with Crippen molar-refractivity contribution in [2.24, 2.45) is 30.7 Å². The van der Waals surface area contributed by atoms with Gasteiger partial charge >= 0.3 is 0 Å². The molecular formula is C37H32N10O20S6. The first kappa shape index (κ1) is 55.5. The van der Waals surface area contributed by atoms with E-state index in [-0.39, 0.29) is 68.6 Å². The molecule has 0 aromatic heterocycles. The lowest BCUT2D eigenvalue weighted by Crippen LogP contribution is -2.12. The molecule has 73 heavy (non-hydrogen) atoms. The van der Waals surface area contributed by atoms with Gasteiger partial charge in [-0.1, -0.05) is 10.1 Å². The zero-order valence-electron chi connectivity index (χ0n) is 35.8. The Kier molecular flexibility index (Phi) is 17.4. The largest absolute Gasteiger partial charge is 0.505 e. The third-order valence-corrected chi connectivity index (χ3v) is 14.7. The maximum Gasteiger partial charge on any atom is 0.296 e. The molecule has 0 unspecified atom stereocenters. The average molecular weight is 1130 g/mol. The third-order valence-electron chi connectivity index (χ3n) is 9.34. The second-order valence-corrected chi connectivity index (χ2v) is 21.6. The van der Waals surface area contributed by atoms with Gasteiger partial charge in [-0.15, -0.1) is 29.1 Å². The van der Waals surface area contributed by atoms with Gasteiger partial charge in [0.1, 0.15) is 37.4 Å². The molecule has 6 aromatic rings. The number of carbonyl (C=O) groups is 1. The zero-order valence-corrected chi connectivity index (χ0v) is 40.7. The second-order valence-electron chi connectivity index (χ2n) is 14.0. The van der Waals surface area contributed by atoms with Gasteiger partial charge in [0, 0.05) is 11.3 Å². The number of fused-ring (bicyclic) bond motifs is 1. The van der Waals surface area contributed by atoms with E-state index >= 15 is 0 Å². The maximum atomic E-state index is 13.1. The number of nitrogen functional groups attached to an aromatic ring is 3. The minimum Gasteiger partial charge on any atom is -0.505 e. The van der Waals surface area contributed by atoms with Crippen LogP contribution in [0.4, 0.5) is 56.9 Å². The van der Waals surface area contributed by atoms with E-state index in [9.17, 15) is 57.2 Å². The molecule has 0 fully saturated rings. The fourth-order valence-corrected chi connectivity index (χ4v) is 10.00. The number of amides is 1. The van der Waals surface area contributed by atoms with Crippen LogP contribution in [0.1, 0.15) is 10.4 Å². The van der Waals surface area contributed by atoms with Crippen LogP contribution in [0.3, 0.4) is 0 Å². The Hall–Kier alpha value is -6.85. The molecule has 386 valence electrons. The summed E-state index contributed by atoms with van der Waals surface area (Å²) in [6, 6.07) is 17.2. The highest BCUT2D eigenvalue weighted by Crippen LogP contribution is 2.50. The molecule has 6 aromatic carbocycles. The van der Waals surface area contributed by atoms with Crippen molar-refractivity contribution in [1.82, 2.24) is 0 Å². The van der Waals surface area contributed by atoms with E-state index in [0.717, 1.165) is 36.4 Å². The SMILES string of the molecule is Nc1cc(N)c(S(=O)(=O)O)cc1N=Nc1ccc(NC(=O)c2ccc(N=Nc3c(S(=O)(=O)O)cc4cc(SOOO)c(N=Nc5ccc(S(=O)(=O)CCOSOOO)cc5S(=O)(=O)O)c(N)c4c3O)cc2)cc1. The summed E-state index contributed by atoms with van der Waals surface area (Å²) in [7, 11) is -19.4. The van der Waals surface area contributed by atoms with Crippen molar-refractivity contribution in [3.8, 4) is 5.75 Å². The van der Waals surface area contributed by atoms with Crippen LogP contribution in [0.25, 0.3) is 10.8 Å². The fourth-order valence-electron chi connectivity index (χ4n) is 6.06.